The van der Waals surface area contributed by atoms with Crippen LogP contribution in [-0.2, 0) is 0 Å². The minimum Gasteiger partial charge on any atom is -0.296 e. The van der Waals surface area contributed by atoms with E-state index >= 15 is 0 Å². The lowest BCUT2D eigenvalue weighted by atomic mass is 10.0. The van der Waals surface area contributed by atoms with Crippen LogP contribution in [-0.4, -0.2) is 20.6 Å². The Morgan fingerprint density at radius 2 is 1.83 bits per heavy atom. The van der Waals surface area contributed by atoms with E-state index in [-0.39, 0.29) is 5.69 Å². The quantitative estimate of drug-likeness (QED) is 0.326. The molecule has 0 saturated heterocycles. The Morgan fingerprint density at radius 1 is 1.04 bits per heavy atom. The van der Waals surface area contributed by atoms with Crippen LogP contribution in [0.5, 0.6) is 0 Å². The molecule has 0 N–H and O–H groups in total. The van der Waals surface area contributed by atoms with Gasteiger partial charge in [-0.05, 0) is 22.9 Å². The third kappa shape index (κ3) is 2.13. The molecule has 0 atom stereocenters. The molecule has 0 aliphatic carbocycles. The van der Waals surface area contributed by atoms with E-state index in [2.05, 4.69) is 4.98 Å². The van der Waals surface area contributed by atoms with Crippen molar-refractivity contribution in [1.82, 2.24) is 9.38 Å². The second-order valence-corrected chi connectivity index (χ2v) is 5.40. The third-order valence-corrected chi connectivity index (χ3v) is 3.99. The number of hydrogen-bond donors (Lipinski definition) is 0. The normalized spacial score (nSPS) is 11.0. The summed E-state index contributed by atoms with van der Waals surface area (Å²) in [5.74, 6) is 0. The molecular weight excluding hydrogens is 306 g/mol. The third-order valence-electron chi connectivity index (χ3n) is 3.99. The summed E-state index contributed by atoms with van der Waals surface area (Å²) in [6.45, 7) is 0. The van der Waals surface area contributed by atoms with E-state index in [4.69, 9.17) is 0 Å². The van der Waals surface area contributed by atoms with Gasteiger partial charge in [-0.2, -0.15) is 0 Å². The Balaban J connectivity index is 1.97. The Bertz CT molecular complexity index is 1120. The molecule has 4 aromatic rings. The first-order valence-electron chi connectivity index (χ1n) is 7.28. The number of aldehydes is 1. The molecule has 0 fully saturated rings. The molecule has 0 bridgehead atoms. The van der Waals surface area contributed by atoms with Gasteiger partial charge in [0.1, 0.15) is 17.0 Å². The van der Waals surface area contributed by atoms with Crippen molar-refractivity contribution in [2.45, 2.75) is 0 Å². The highest BCUT2D eigenvalue weighted by atomic mass is 16.6. The Kier molecular flexibility index (Phi) is 3.09. The summed E-state index contributed by atoms with van der Waals surface area (Å²) in [6.07, 6.45) is 1.99. The molecule has 116 valence electrons. The first-order chi connectivity index (χ1) is 11.7. The monoisotopic (exact) mass is 317 g/mol. The molecule has 0 amide bonds. The van der Waals surface area contributed by atoms with Crippen LogP contribution < -0.4 is 0 Å². The van der Waals surface area contributed by atoms with Crippen LogP contribution in [0.3, 0.4) is 0 Å². The number of pyridine rings is 1. The maximum atomic E-state index is 11.6. The van der Waals surface area contributed by atoms with E-state index in [1.165, 1.54) is 22.7 Å². The lowest BCUT2D eigenvalue weighted by Crippen LogP contribution is -1.95. The molecular formula is C18H11N3O3. The van der Waals surface area contributed by atoms with Gasteiger partial charge in [-0.3, -0.25) is 19.3 Å². The fraction of sp³-hybridized carbons (Fsp3) is 0. The molecule has 2 aromatic heterocycles. The molecule has 0 aliphatic rings. The highest BCUT2D eigenvalue weighted by molar-refractivity contribution is 5.91. The van der Waals surface area contributed by atoms with Crippen molar-refractivity contribution in [1.29, 1.82) is 0 Å². The minimum absolute atomic E-state index is 0.0898. The molecule has 4 rings (SSSR count). The highest BCUT2D eigenvalue weighted by Gasteiger charge is 2.16. The molecule has 0 aliphatic heterocycles. The molecule has 0 saturated carbocycles. The molecule has 2 aromatic carbocycles. The Morgan fingerprint density at radius 3 is 2.58 bits per heavy atom. The smallest absolute Gasteiger partial charge is 0.286 e. The summed E-state index contributed by atoms with van der Waals surface area (Å²) < 4.78 is 1.45. The van der Waals surface area contributed by atoms with E-state index in [1.807, 2.05) is 42.5 Å². The Hall–Kier alpha value is -3.54. The first-order valence-corrected chi connectivity index (χ1v) is 7.28. The van der Waals surface area contributed by atoms with Gasteiger partial charge in [0.15, 0.2) is 6.29 Å². The SMILES string of the molecule is O=Cc1c(-c2ccc3ccccc3c2)nc2ccc([N+](=O)[O-])cn12. The number of aromatic nitrogens is 2. The summed E-state index contributed by atoms with van der Waals surface area (Å²) in [7, 11) is 0. The largest absolute Gasteiger partial charge is 0.296 e. The zero-order chi connectivity index (χ0) is 16.7. The number of hydrogen-bond acceptors (Lipinski definition) is 4. The van der Waals surface area contributed by atoms with Gasteiger partial charge in [-0.15, -0.1) is 0 Å². The van der Waals surface area contributed by atoms with Gasteiger partial charge in [-0.25, -0.2) is 4.98 Å². The number of carbonyl (C=O) groups is 1. The fourth-order valence-corrected chi connectivity index (χ4v) is 2.82. The summed E-state index contributed by atoms with van der Waals surface area (Å²) in [5.41, 5.74) is 2.00. The van der Waals surface area contributed by atoms with E-state index in [0.717, 1.165) is 16.3 Å². The molecule has 0 spiro atoms. The summed E-state index contributed by atoms with van der Waals surface area (Å²) >= 11 is 0. The standard InChI is InChI=1S/C18H11N3O3/c22-11-16-18(14-6-5-12-3-1-2-4-13(12)9-14)19-17-8-7-15(21(23)24)10-20(16)17/h1-11H. The molecule has 0 unspecified atom stereocenters. The van der Waals surface area contributed by atoms with E-state index < -0.39 is 4.92 Å². The second kappa shape index (κ2) is 5.27. The van der Waals surface area contributed by atoms with Gasteiger partial charge >= 0.3 is 0 Å². The van der Waals surface area contributed by atoms with Crippen LogP contribution in [0, 0.1) is 10.1 Å². The zero-order valence-corrected chi connectivity index (χ0v) is 12.4. The van der Waals surface area contributed by atoms with Gasteiger partial charge in [-0.1, -0.05) is 36.4 Å². The van der Waals surface area contributed by atoms with Crippen LogP contribution in [0.1, 0.15) is 10.5 Å². The maximum absolute atomic E-state index is 11.6. The van der Waals surface area contributed by atoms with Crippen molar-refractivity contribution in [2.75, 3.05) is 0 Å². The zero-order valence-electron chi connectivity index (χ0n) is 12.4. The second-order valence-electron chi connectivity index (χ2n) is 5.40. The number of fused-ring (bicyclic) bond motifs is 2. The van der Waals surface area contributed by atoms with Gasteiger partial charge in [0.05, 0.1) is 11.1 Å². The van der Waals surface area contributed by atoms with Crippen LogP contribution in [0.4, 0.5) is 5.69 Å². The summed E-state index contributed by atoms with van der Waals surface area (Å²) in [4.78, 5) is 26.5. The summed E-state index contributed by atoms with van der Waals surface area (Å²) in [6, 6.07) is 16.6. The van der Waals surface area contributed by atoms with Gasteiger partial charge < -0.3 is 0 Å². The van der Waals surface area contributed by atoms with Crippen LogP contribution in [0.25, 0.3) is 27.7 Å². The molecule has 24 heavy (non-hydrogen) atoms. The first kappa shape index (κ1) is 14.1. The number of nitro groups is 1. The van der Waals surface area contributed by atoms with Gasteiger partial charge in [0.2, 0.25) is 0 Å². The minimum atomic E-state index is -0.496. The molecule has 2 heterocycles. The average molecular weight is 317 g/mol. The lowest BCUT2D eigenvalue weighted by Gasteiger charge is -2.02. The number of imidazole rings is 1. The Labute approximate surface area is 136 Å². The molecule has 0 radical (unpaired) electrons. The predicted octanol–water partition coefficient (Wildman–Crippen LogP) is 3.88. The van der Waals surface area contributed by atoms with Crippen LogP contribution >= 0.6 is 0 Å². The molecule has 6 nitrogen and oxygen atoms in total. The van der Waals surface area contributed by atoms with Crippen molar-refractivity contribution >= 4 is 28.4 Å². The van der Waals surface area contributed by atoms with Crippen molar-refractivity contribution in [2.24, 2.45) is 0 Å². The van der Waals surface area contributed by atoms with Crippen molar-refractivity contribution in [3.8, 4) is 11.3 Å². The van der Waals surface area contributed by atoms with E-state index in [1.54, 1.807) is 0 Å². The topological polar surface area (TPSA) is 77.5 Å². The fourth-order valence-electron chi connectivity index (χ4n) is 2.82. The maximum Gasteiger partial charge on any atom is 0.286 e. The lowest BCUT2D eigenvalue weighted by molar-refractivity contribution is -0.385. The van der Waals surface area contributed by atoms with Crippen LogP contribution in [0.15, 0.2) is 60.8 Å². The van der Waals surface area contributed by atoms with Crippen molar-refractivity contribution < 1.29 is 9.72 Å². The van der Waals surface area contributed by atoms with E-state index in [9.17, 15) is 14.9 Å². The van der Waals surface area contributed by atoms with Crippen LogP contribution in [0.2, 0.25) is 0 Å². The van der Waals surface area contributed by atoms with E-state index in [0.29, 0.717) is 23.3 Å². The average Bonchev–Trinajstić information content (AvgIpc) is 2.98. The number of benzene rings is 2. The number of carbonyl (C=O) groups excluding carboxylic acids is 1. The highest BCUT2D eigenvalue weighted by Crippen LogP contribution is 2.28. The number of rotatable bonds is 3. The predicted molar refractivity (Wildman–Crippen MR) is 90.2 cm³/mol. The van der Waals surface area contributed by atoms with Gasteiger partial charge in [0.25, 0.3) is 5.69 Å². The van der Waals surface area contributed by atoms with Crippen molar-refractivity contribution in [3.63, 3.8) is 0 Å². The number of nitrogens with zero attached hydrogens (tertiary/aromatic N) is 3. The summed E-state index contributed by atoms with van der Waals surface area (Å²) in [5, 5.41) is 13.1. The van der Waals surface area contributed by atoms with Crippen molar-refractivity contribution in [3.05, 3.63) is 76.6 Å². The van der Waals surface area contributed by atoms with Gasteiger partial charge in [0, 0.05) is 11.6 Å². The molecule has 6 heteroatoms.